The highest BCUT2D eigenvalue weighted by molar-refractivity contribution is 7.41. The van der Waals surface area contributed by atoms with E-state index >= 15 is 0 Å². The first kappa shape index (κ1) is 35.3. The average Bonchev–Trinajstić information content (AvgIpc) is 3.25. The fraction of sp³-hybridized carbons (Fsp3) is 0.606. The maximum Gasteiger partial charge on any atom is 0.419 e. The molecule has 1 unspecified atom stereocenters. The Balaban J connectivity index is 1.67. The monoisotopic (exact) mass is 625 g/mol. The van der Waals surface area contributed by atoms with E-state index < -0.39 is 37.1 Å². The van der Waals surface area contributed by atoms with Gasteiger partial charge in [0.2, 0.25) is 0 Å². The van der Waals surface area contributed by atoms with Crippen molar-refractivity contribution < 1.29 is 36.2 Å². The Morgan fingerprint density at radius 2 is 1.49 bits per heavy atom. The van der Waals surface area contributed by atoms with Gasteiger partial charge in [-0.05, 0) is 115 Å². The second kappa shape index (κ2) is 14.3. The smallest absolute Gasteiger partial charge is 0.419 e. The van der Waals surface area contributed by atoms with Crippen LogP contribution in [0.5, 0.6) is 5.75 Å². The van der Waals surface area contributed by atoms with Crippen LogP contribution >= 0.6 is 8.60 Å². The number of hydrogen-bond acceptors (Lipinski definition) is 6. The number of halogens is 3. The zero-order valence-electron chi connectivity index (χ0n) is 27.0. The first-order valence-corrected chi connectivity index (χ1v) is 15.8. The summed E-state index contributed by atoms with van der Waals surface area (Å²) in [6, 6.07) is 10.5. The first-order valence-electron chi connectivity index (χ1n) is 14.7. The molecule has 0 spiro atoms. The molecule has 2 aromatic carbocycles. The Labute approximate surface area is 256 Å². The summed E-state index contributed by atoms with van der Waals surface area (Å²) in [6.45, 7) is 18.0. The zero-order valence-corrected chi connectivity index (χ0v) is 27.9. The number of aryl methyl sites for hydroxylation is 4. The predicted molar refractivity (Wildman–Crippen MR) is 166 cm³/mol. The number of alkyl halides is 3. The second-order valence-corrected chi connectivity index (χ2v) is 14.3. The lowest BCUT2D eigenvalue weighted by atomic mass is 9.93. The highest BCUT2D eigenvalue weighted by atomic mass is 31.2. The van der Waals surface area contributed by atoms with Crippen LogP contribution in [0, 0.1) is 13.8 Å². The summed E-state index contributed by atoms with van der Waals surface area (Å²) in [5.41, 5.74) is 1.56. The topological polar surface area (TPSA) is 58.5 Å². The third-order valence-corrected chi connectivity index (χ3v) is 8.48. The van der Waals surface area contributed by atoms with E-state index in [1.807, 2.05) is 47.6 Å². The van der Waals surface area contributed by atoms with Crippen LogP contribution in [-0.2, 0) is 37.3 Å². The van der Waals surface area contributed by atoms with Gasteiger partial charge in [-0.15, -0.1) is 0 Å². The van der Waals surface area contributed by atoms with Crippen LogP contribution in [0.25, 0.3) is 0 Å². The van der Waals surface area contributed by atoms with Gasteiger partial charge in [-0.3, -0.25) is 0 Å². The number of hydrogen-bond donors (Lipinski definition) is 0. The molecule has 240 valence electrons. The largest absolute Gasteiger partial charge is 0.493 e. The molecule has 43 heavy (non-hydrogen) atoms. The summed E-state index contributed by atoms with van der Waals surface area (Å²) in [6.07, 6.45) is -2.43. The van der Waals surface area contributed by atoms with Gasteiger partial charge in [-0.2, -0.15) is 13.2 Å². The molecular formula is C33H47F3NO5P. The number of rotatable bonds is 13. The van der Waals surface area contributed by atoms with Crippen molar-refractivity contribution in [3.05, 3.63) is 64.2 Å². The zero-order chi connectivity index (χ0) is 32.1. The Bertz CT molecular complexity index is 1240. The Hall–Kier alpha value is -2.19. The number of ether oxygens (including phenoxy) is 2. The molecule has 0 saturated carbocycles. The molecule has 10 heteroatoms. The molecule has 0 radical (unpaired) electrons. The van der Waals surface area contributed by atoms with E-state index in [0.29, 0.717) is 30.7 Å². The van der Waals surface area contributed by atoms with Crippen LogP contribution in [0.1, 0.15) is 89.1 Å². The van der Waals surface area contributed by atoms with Gasteiger partial charge in [0.15, 0.2) is 5.90 Å². The van der Waals surface area contributed by atoms with Gasteiger partial charge < -0.3 is 23.0 Å². The quantitative estimate of drug-likeness (QED) is 0.164. The number of aliphatic imine (C=N–C) groups is 1. The molecule has 6 nitrogen and oxygen atoms in total. The van der Waals surface area contributed by atoms with Crippen molar-refractivity contribution in [2.45, 2.75) is 111 Å². The van der Waals surface area contributed by atoms with Gasteiger partial charge >= 0.3 is 14.8 Å². The molecule has 0 bridgehead atoms. The molecule has 0 aliphatic carbocycles. The summed E-state index contributed by atoms with van der Waals surface area (Å²) >= 11 is 0. The highest BCUT2D eigenvalue weighted by Gasteiger charge is 2.39. The number of benzene rings is 2. The average molecular weight is 626 g/mol. The van der Waals surface area contributed by atoms with E-state index in [2.05, 4.69) is 26.0 Å². The maximum absolute atomic E-state index is 14.1. The lowest BCUT2D eigenvalue weighted by Gasteiger charge is -2.32. The third-order valence-electron chi connectivity index (χ3n) is 6.75. The van der Waals surface area contributed by atoms with E-state index in [4.69, 9.17) is 28.0 Å². The molecular weight excluding hydrogens is 578 g/mol. The van der Waals surface area contributed by atoms with Crippen LogP contribution in [0.3, 0.4) is 0 Å². The predicted octanol–water partition coefficient (Wildman–Crippen LogP) is 9.33. The summed E-state index contributed by atoms with van der Waals surface area (Å²) in [5, 5.41) is 0. The molecule has 2 aromatic rings. The molecule has 0 aromatic heterocycles. The van der Waals surface area contributed by atoms with E-state index in [9.17, 15) is 13.2 Å². The van der Waals surface area contributed by atoms with Crippen molar-refractivity contribution in [3.63, 3.8) is 0 Å². The minimum atomic E-state index is -4.55. The van der Waals surface area contributed by atoms with Crippen molar-refractivity contribution in [3.8, 4) is 5.75 Å². The minimum Gasteiger partial charge on any atom is -0.493 e. The molecule has 1 atom stereocenters. The fourth-order valence-corrected chi connectivity index (χ4v) is 5.86. The molecule has 3 rings (SSSR count). The van der Waals surface area contributed by atoms with Gasteiger partial charge in [-0.1, -0.05) is 24.3 Å². The van der Waals surface area contributed by atoms with Crippen molar-refractivity contribution in [2.24, 2.45) is 4.99 Å². The lowest BCUT2D eigenvalue weighted by Crippen LogP contribution is -2.35. The van der Waals surface area contributed by atoms with Crippen LogP contribution < -0.4 is 4.74 Å². The third kappa shape index (κ3) is 11.7. The van der Waals surface area contributed by atoms with Gasteiger partial charge in [0.25, 0.3) is 0 Å². The van der Waals surface area contributed by atoms with Crippen molar-refractivity contribution in [1.29, 1.82) is 0 Å². The van der Waals surface area contributed by atoms with Crippen molar-refractivity contribution >= 4 is 14.5 Å². The van der Waals surface area contributed by atoms with Gasteiger partial charge in [0.1, 0.15) is 17.9 Å². The molecule has 1 heterocycles. The second-order valence-electron chi connectivity index (χ2n) is 13.2. The van der Waals surface area contributed by atoms with Gasteiger partial charge in [0.05, 0.1) is 30.0 Å². The van der Waals surface area contributed by atoms with E-state index in [-0.39, 0.29) is 25.6 Å². The van der Waals surface area contributed by atoms with E-state index in [0.717, 1.165) is 12.0 Å². The Morgan fingerprint density at radius 3 is 2.05 bits per heavy atom. The molecule has 1 aliphatic heterocycles. The maximum atomic E-state index is 14.1. The van der Waals surface area contributed by atoms with Crippen molar-refractivity contribution in [1.82, 2.24) is 0 Å². The van der Waals surface area contributed by atoms with Crippen LogP contribution in [0.4, 0.5) is 13.2 Å². The Morgan fingerprint density at radius 1 is 0.860 bits per heavy atom. The summed E-state index contributed by atoms with van der Waals surface area (Å²) in [4.78, 5) is 4.70. The first-order chi connectivity index (χ1) is 19.8. The number of nitrogens with zero attached hydrogens (tertiary/aromatic N) is 1. The van der Waals surface area contributed by atoms with Crippen molar-refractivity contribution in [2.75, 3.05) is 19.8 Å². The fourth-order valence-electron chi connectivity index (χ4n) is 4.48. The Kier molecular flexibility index (Phi) is 11.7. The lowest BCUT2D eigenvalue weighted by molar-refractivity contribution is -0.139. The van der Waals surface area contributed by atoms with Crippen LogP contribution in [0.2, 0.25) is 0 Å². The standard InChI is InChI=1S/C33H47F3NO5P/c1-23-12-13-26(19-24(23)2)11-10-18-38-29-15-14-27(20-28(29)33(34,35)36)16-17-32(21-39-25(3)37-32)22-40-43(41-30(4,5)6)42-31(7,8)9/h12-15,19-20H,10-11,16-18,21-22H2,1-9H3. The van der Waals surface area contributed by atoms with Gasteiger partial charge in [-0.25, -0.2) is 4.99 Å². The van der Waals surface area contributed by atoms with E-state index in [1.165, 1.54) is 23.3 Å². The summed E-state index contributed by atoms with van der Waals surface area (Å²) in [5.74, 6) is 0.360. The van der Waals surface area contributed by atoms with Gasteiger partial charge in [0, 0.05) is 6.92 Å². The van der Waals surface area contributed by atoms with E-state index in [1.54, 1.807) is 13.0 Å². The molecule has 0 N–H and O–H groups in total. The minimum absolute atomic E-state index is 0.149. The van der Waals surface area contributed by atoms with Crippen LogP contribution in [0.15, 0.2) is 41.4 Å². The highest BCUT2D eigenvalue weighted by Crippen LogP contribution is 2.48. The SMILES string of the molecule is CC1=NC(CCc2ccc(OCCCc3ccc(C)c(C)c3)c(C(F)(F)F)c2)(COP(OC(C)(C)C)OC(C)(C)C)CO1. The summed E-state index contributed by atoms with van der Waals surface area (Å²) < 4.78 is 71.8. The molecule has 0 saturated heterocycles. The molecule has 0 amide bonds. The molecule has 1 aliphatic rings. The molecule has 0 fully saturated rings. The summed E-state index contributed by atoms with van der Waals surface area (Å²) in [7, 11) is -1.70. The normalized spacial score (nSPS) is 17.7. The van der Waals surface area contributed by atoms with Crippen LogP contribution in [-0.4, -0.2) is 42.5 Å².